The van der Waals surface area contributed by atoms with E-state index in [1.165, 1.54) is 6.07 Å². The fourth-order valence-electron chi connectivity index (χ4n) is 2.19. The van der Waals surface area contributed by atoms with Crippen molar-refractivity contribution in [1.82, 2.24) is 10.2 Å². The van der Waals surface area contributed by atoms with Crippen LogP contribution in [0.2, 0.25) is 0 Å². The number of hydrogen-bond donors (Lipinski definition) is 1. The first-order valence-corrected chi connectivity index (χ1v) is 5.87. The fraction of sp³-hybridized carbons (Fsp3) is 0.538. The van der Waals surface area contributed by atoms with E-state index in [0.717, 1.165) is 25.2 Å². The number of piperazine rings is 1. The van der Waals surface area contributed by atoms with Gasteiger partial charge in [-0.05, 0) is 31.5 Å². The average molecular weight is 222 g/mol. The molecule has 0 aromatic heterocycles. The maximum Gasteiger partial charge on any atom is 0.123 e. The highest BCUT2D eigenvalue weighted by Crippen LogP contribution is 2.13. The Morgan fingerprint density at radius 3 is 3.00 bits per heavy atom. The van der Waals surface area contributed by atoms with Crippen LogP contribution in [0.3, 0.4) is 0 Å². The van der Waals surface area contributed by atoms with E-state index in [4.69, 9.17) is 0 Å². The minimum absolute atomic E-state index is 0.145. The standard InChI is InChI=1S/C13H19FN2/c1-10-8-16(11(2)7-15-10)9-12-4-3-5-13(14)6-12/h3-6,10-11,15H,7-9H2,1-2H3/t10-,11+/m0/s1. The Labute approximate surface area is 96.5 Å². The Morgan fingerprint density at radius 2 is 2.25 bits per heavy atom. The quantitative estimate of drug-likeness (QED) is 0.823. The number of nitrogens with one attached hydrogen (secondary N) is 1. The smallest absolute Gasteiger partial charge is 0.123 e. The molecule has 2 nitrogen and oxygen atoms in total. The monoisotopic (exact) mass is 222 g/mol. The lowest BCUT2D eigenvalue weighted by Crippen LogP contribution is -2.53. The third-order valence-corrected chi connectivity index (χ3v) is 3.17. The van der Waals surface area contributed by atoms with Crippen molar-refractivity contribution >= 4 is 0 Å². The van der Waals surface area contributed by atoms with Gasteiger partial charge in [0.25, 0.3) is 0 Å². The largest absolute Gasteiger partial charge is 0.311 e. The van der Waals surface area contributed by atoms with E-state index in [-0.39, 0.29) is 5.82 Å². The summed E-state index contributed by atoms with van der Waals surface area (Å²) < 4.78 is 13.1. The summed E-state index contributed by atoms with van der Waals surface area (Å²) in [4.78, 5) is 2.40. The van der Waals surface area contributed by atoms with Crippen LogP contribution in [-0.4, -0.2) is 30.1 Å². The lowest BCUT2D eigenvalue weighted by Gasteiger charge is -2.37. The topological polar surface area (TPSA) is 15.3 Å². The van der Waals surface area contributed by atoms with Gasteiger partial charge in [0.1, 0.15) is 5.82 Å². The Hall–Kier alpha value is -0.930. The third-order valence-electron chi connectivity index (χ3n) is 3.17. The number of benzene rings is 1. The van der Waals surface area contributed by atoms with Crippen molar-refractivity contribution < 1.29 is 4.39 Å². The van der Waals surface area contributed by atoms with Crippen LogP contribution < -0.4 is 5.32 Å². The molecule has 0 aliphatic carbocycles. The molecular weight excluding hydrogens is 203 g/mol. The highest BCUT2D eigenvalue weighted by Gasteiger charge is 2.22. The van der Waals surface area contributed by atoms with E-state index < -0.39 is 0 Å². The van der Waals surface area contributed by atoms with Crippen molar-refractivity contribution in [3.8, 4) is 0 Å². The van der Waals surface area contributed by atoms with Crippen molar-refractivity contribution in [2.45, 2.75) is 32.5 Å². The molecule has 0 saturated carbocycles. The normalized spacial score (nSPS) is 26.9. The van der Waals surface area contributed by atoms with Crippen LogP contribution in [0.1, 0.15) is 19.4 Å². The lowest BCUT2D eigenvalue weighted by atomic mass is 10.1. The summed E-state index contributed by atoms with van der Waals surface area (Å²) in [6.45, 7) is 7.27. The van der Waals surface area contributed by atoms with Crippen LogP contribution in [0, 0.1) is 5.82 Å². The zero-order valence-corrected chi connectivity index (χ0v) is 9.91. The SMILES string of the molecule is C[C@@H]1CN[C@@H](C)CN1Cc1cccc(F)c1. The molecule has 1 aliphatic rings. The maximum absolute atomic E-state index is 13.1. The van der Waals surface area contributed by atoms with Crippen LogP contribution in [0.25, 0.3) is 0 Å². The van der Waals surface area contributed by atoms with Crippen molar-refractivity contribution in [1.29, 1.82) is 0 Å². The van der Waals surface area contributed by atoms with Crippen LogP contribution >= 0.6 is 0 Å². The molecule has 0 radical (unpaired) electrons. The first-order valence-electron chi connectivity index (χ1n) is 5.87. The van der Waals surface area contributed by atoms with Gasteiger partial charge in [-0.1, -0.05) is 12.1 Å². The molecule has 0 bridgehead atoms. The molecule has 88 valence electrons. The molecule has 2 rings (SSSR count). The van der Waals surface area contributed by atoms with Crippen LogP contribution in [0.15, 0.2) is 24.3 Å². The Balaban J connectivity index is 2.02. The molecule has 0 spiro atoms. The van der Waals surface area contributed by atoms with Crippen molar-refractivity contribution in [2.75, 3.05) is 13.1 Å². The highest BCUT2D eigenvalue weighted by molar-refractivity contribution is 5.16. The van der Waals surface area contributed by atoms with E-state index >= 15 is 0 Å². The molecule has 2 atom stereocenters. The zero-order chi connectivity index (χ0) is 11.5. The summed E-state index contributed by atoms with van der Waals surface area (Å²) in [5, 5.41) is 3.44. The van der Waals surface area contributed by atoms with Gasteiger partial charge in [0.05, 0.1) is 0 Å². The molecule has 1 fully saturated rings. The predicted molar refractivity (Wildman–Crippen MR) is 63.7 cm³/mol. The van der Waals surface area contributed by atoms with E-state index in [1.54, 1.807) is 12.1 Å². The second-order valence-corrected chi connectivity index (χ2v) is 4.72. The zero-order valence-electron chi connectivity index (χ0n) is 9.91. The van der Waals surface area contributed by atoms with E-state index in [0.29, 0.717) is 12.1 Å². The van der Waals surface area contributed by atoms with Gasteiger partial charge in [-0.15, -0.1) is 0 Å². The predicted octanol–water partition coefficient (Wildman–Crippen LogP) is 2.01. The summed E-state index contributed by atoms with van der Waals surface area (Å²) in [6, 6.07) is 7.92. The average Bonchev–Trinajstić information content (AvgIpc) is 2.24. The molecule has 0 unspecified atom stereocenters. The van der Waals surface area contributed by atoms with E-state index in [1.807, 2.05) is 6.07 Å². The van der Waals surface area contributed by atoms with E-state index in [2.05, 4.69) is 24.1 Å². The van der Waals surface area contributed by atoms with Gasteiger partial charge >= 0.3 is 0 Å². The minimum Gasteiger partial charge on any atom is -0.311 e. The Bertz CT molecular complexity index is 354. The molecule has 1 saturated heterocycles. The second kappa shape index (κ2) is 4.93. The van der Waals surface area contributed by atoms with Crippen LogP contribution in [0.4, 0.5) is 4.39 Å². The maximum atomic E-state index is 13.1. The first kappa shape index (κ1) is 11.6. The molecule has 1 heterocycles. The van der Waals surface area contributed by atoms with Crippen molar-refractivity contribution in [2.24, 2.45) is 0 Å². The van der Waals surface area contributed by atoms with Crippen molar-refractivity contribution in [3.05, 3.63) is 35.6 Å². The van der Waals surface area contributed by atoms with Gasteiger partial charge < -0.3 is 5.32 Å². The lowest BCUT2D eigenvalue weighted by molar-refractivity contribution is 0.138. The minimum atomic E-state index is -0.145. The van der Waals surface area contributed by atoms with Gasteiger partial charge in [-0.25, -0.2) is 4.39 Å². The van der Waals surface area contributed by atoms with Gasteiger partial charge in [-0.2, -0.15) is 0 Å². The fourth-order valence-corrected chi connectivity index (χ4v) is 2.19. The summed E-state index contributed by atoms with van der Waals surface area (Å²) in [5.74, 6) is -0.145. The Kier molecular flexibility index (Phi) is 3.56. The number of halogens is 1. The summed E-state index contributed by atoms with van der Waals surface area (Å²) >= 11 is 0. The molecule has 1 N–H and O–H groups in total. The van der Waals surface area contributed by atoms with Gasteiger partial charge in [0.2, 0.25) is 0 Å². The van der Waals surface area contributed by atoms with Gasteiger partial charge in [0, 0.05) is 31.7 Å². The molecule has 3 heteroatoms. The van der Waals surface area contributed by atoms with Crippen molar-refractivity contribution in [3.63, 3.8) is 0 Å². The van der Waals surface area contributed by atoms with Crippen LogP contribution in [-0.2, 0) is 6.54 Å². The number of rotatable bonds is 2. The molecule has 1 aromatic carbocycles. The molecule has 0 amide bonds. The number of hydrogen-bond acceptors (Lipinski definition) is 2. The third kappa shape index (κ3) is 2.80. The van der Waals surface area contributed by atoms with Gasteiger partial charge in [-0.3, -0.25) is 4.90 Å². The summed E-state index contributed by atoms with van der Waals surface area (Å²) in [5.41, 5.74) is 1.06. The number of nitrogens with zero attached hydrogens (tertiary/aromatic N) is 1. The first-order chi connectivity index (χ1) is 7.65. The molecule has 16 heavy (non-hydrogen) atoms. The molecule has 1 aliphatic heterocycles. The molecule has 1 aromatic rings. The second-order valence-electron chi connectivity index (χ2n) is 4.72. The summed E-state index contributed by atoms with van der Waals surface area (Å²) in [6.07, 6.45) is 0. The summed E-state index contributed by atoms with van der Waals surface area (Å²) in [7, 11) is 0. The van der Waals surface area contributed by atoms with Crippen LogP contribution in [0.5, 0.6) is 0 Å². The molecular formula is C13H19FN2. The highest BCUT2D eigenvalue weighted by atomic mass is 19.1. The van der Waals surface area contributed by atoms with Gasteiger partial charge in [0.15, 0.2) is 0 Å². The van der Waals surface area contributed by atoms with E-state index in [9.17, 15) is 4.39 Å². The Morgan fingerprint density at radius 1 is 1.44 bits per heavy atom.